The Morgan fingerprint density at radius 1 is 1.29 bits per heavy atom. The first-order valence-corrected chi connectivity index (χ1v) is 8.72. The van der Waals surface area contributed by atoms with Gasteiger partial charge in [0.1, 0.15) is 12.9 Å². The molecule has 0 atom stereocenters. The minimum absolute atomic E-state index is 0.0570. The number of oxazole rings is 1. The van der Waals surface area contributed by atoms with Crippen molar-refractivity contribution >= 4 is 29.2 Å². The van der Waals surface area contributed by atoms with E-state index in [0.717, 1.165) is 17.7 Å². The van der Waals surface area contributed by atoms with Gasteiger partial charge in [-0.2, -0.15) is 4.98 Å². The number of nitrogens with zero attached hydrogens (tertiary/aromatic N) is 4. The molecule has 2 aromatic heterocycles. The van der Waals surface area contributed by atoms with Crippen molar-refractivity contribution in [3.63, 3.8) is 0 Å². The van der Waals surface area contributed by atoms with E-state index >= 15 is 0 Å². The molecule has 9 nitrogen and oxygen atoms in total. The normalized spacial score (nSPS) is 10.9. The molecule has 0 aliphatic heterocycles. The number of benzene rings is 1. The van der Waals surface area contributed by atoms with Gasteiger partial charge in [-0.1, -0.05) is 17.7 Å². The van der Waals surface area contributed by atoms with Gasteiger partial charge in [0.05, 0.1) is 10.7 Å². The Kier molecular flexibility index (Phi) is 6.07. The number of nitrogens with one attached hydrogen (secondary N) is 1. The van der Waals surface area contributed by atoms with Crippen LogP contribution in [0.5, 0.6) is 6.01 Å². The Morgan fingerprint density at radius 3 is 2.68 bits per heavy atom. The molecule has 146 valence electrons. The second-order valence-electron chi connectivity index (χ2n) is 6.13. The second-order valence-corrected chi connectivity index (χ2v) is 6.53. The van der Waals surface area contributed by atoms with Crippen molar-refractivity contribution in [2.24, 2.45) is 0 Å². The summed E-state index contributed by atoms with van der Waals surface area (Å²) >= 11 is 6.19. The average Bonchev–Trinajstić information content (AvgIpc) is 3.10. The number of aromatic nitrogens is 3. The zero-order valence-electron chi connectivity index (χ0n) is 15.3. The van der Waals surface area contributed by atoms with E-state index in [0.29, 0.717) is 23.3 Å². The molecule has 0 saturated carbocycles. The number of ether oxygens (including phenoxy) is 1. The van der Waals surface area contributed by atoms with Crippen LogP contribution in [0.4, 0.5) is 11.7 Å². The second kappa shape index (κ2) is 8.68. The van der Waals surface area contributed by atoms with Crippen molar-refractivity contribution in [2.45, 2.75) is 0 Å². The first kappa shape index (κ1) is 19.6. The van der Waals surface area contributed by atoms with E-state index in [1.165, 1.54) is 6.26 Å². The third kappa shape index (κ3) is 4.96. The quantitative estimate of drug-likeness (QED) is 0.618. The summed E-state index contributed by atoms with van der Waals surface area (Å²) in [6.07, 6.45) is 4.46. The van der Waals surface area contributed by atoms with Gasteiger partial charge in [-0.3, -0.25) is 4.79 Å². The fourth-order valence-corrected chi connectivity index (χ4v) is 2.40. The van der Waals surface area contributed by atoms with Crippen molar-refractivity contribution < 1.29 is 13.9 Å². The Morgan fingerprint density at radius 2 is 2.04 bits per heavy atom. The fraction of sp³-hybridized carbons (Fsp3) is 0.222. The van der Waals surface area contributed by atoms with Crippen LogP contribution < -0.4 is 15.8 Å². The van der Waals surface area contributed by atoms with Crippen LogP contribution in [0.3, 0.4) is 0 Å². The SMILES string of the molecule is CN(C)CCOc1ncc(-c2ccc(Cl)c(NC(=O)c3coc(N)n3)c2)cn1. The number of amides is 1. The smallest absolute Gasteiger partial charge is 0.316 e. The van der Waals surface area contributed by atoms with Crippen LogP contribution in [-0.2, 0) is 0 Å². The lowest BCUT2D eigenvalue weighted by Gasteiger charge is -2.10. The van der Waals surface area contributed by atoms with Gasteiger partial charge in [-0.05, 0) is 31.8 Å². The molecule has 3 aromatic rings. The topological polar surface area (TPSA) is 119 Å². The number of anilines is 2. The predicted molar refractivity (Wildman–Crippen MR) is 105 cm³/mol. The van der Waals surface area contributed by atoms with Gasteiger partial charge in [0, 0.05) is 24.5 Å². The summed E-state index contributed by atoms with van der Waals surface area (Å²) in [5.41, 5.74) is 7.38. The molecule has 1 amide bonds. The van der Waals surface area contributed by atoms with Gasteiger partial charge < -0.3 is 25.1 Å². The lowest BCUT2D eigenvalue weighted by molar-refractivity contribution is 0.102. The average molecular weight is 403 g/mol. The van der Waals surface area contributed by atoms with Gasteiger partial charge in [0.2, 0.25) is 0 Å². The maximum atomic E-state index is 12.2. The van der Waals surface area contributed by atoms with Crippen LogP contribution >= 0.6 is 11.6 Å². The number of likely N-dealkylation sites (N-methyl/N-ethyl adjacent to an activating group) is 1. The van der Waals surface area contributed by atoms with Gasteiger partial charge >= 0.3 is 6.01 Å². The van der Waals surface area contributed by atoms with Gasteiger partial charge in [-0.15, -0.1) is 0 Å². The number of rotatable bonds is 7. The molecule has 3 rings (SSSR count). The number of nitrogens with two attached hydrogens (primary N) is 1. The molecule has 28 heavy (non-hydrogen) atoms. The third-order valence-electron chi connectivity index (χ3n) is 3.70. The molecule has 0 unspecified atom stereocenters. The number of halogens is 1. The van der Waals surface area contributed by atoms with Crippen molar-refractivity contribution in [3.8, 4) is 17.1 Å². The standard InChI is InChI=1S/C18H19ClN6O3/c1-25(2)5-6-27-18-21-8-12(9-22-18)11-3-4-13(19)14(7-11)23-16(26)15-10-28-17(20)24-15/h3-4,7-10H,5-6H2,1-2H3,(H2,20,24)(H,23,26). The molecule has 10 heteroatoms. The number of carbonyl (C=O) groups is 1. The van der Waals surface area contributed by atoms with E-state index in [4.69, 9.17) is 26.5 Å². The first-order valence-electron chi connectivity index (χ1n) is 8.34. The molecule has 0 radical (unpaired) electrons. The zero-order chi connectivity index (χ0) is 20.1. The number of hydrogen-bond acceptors (Lipinski definition) is 8. The lowest BCUT2D eigenvalue weighted by atomic mass is 10.1. The highest BCUT2D eigenvalue weighted by molar-refractivity contribution is 6.34. The third-order valence-corrected chi connectivity index (χ3v) is 4.03. The molecule has 0 aliphatic rings. The molecule has 2 heterocycles. The first-order chi connectivity index (χ1) is 13.4. The molecule has 0 bridgehead atoms. The highest BCUT2D eigenvalue weighted by atomic mass is 35.5. The minimum Gasteiger partial charge on any atom is -0.462 e. The molecule has 0 spiro atoms. The minimum atomic E-state index is -0.486. The van der Waals surface area contributed by atoms with Crippen molar-refractivity contribution in [2.75, 3.05) is 38.3 Å². The van der Waals surface area contributed by atoms with E-state index in [9.17, 15) is 4.79 Å². The summed E-state index contributed by atoms with van der Waals surface area (Å²) in [6, 6.07) is 5.41. The molecular formula is C18H19ClN6O3. The van der Waals surface area contributed by atoms with Gasteiger partial charge in [0.15, 0.2) is 5.69 Å². The number of hydrogen-bond donors (Lipinski definition) is 2. The largest absolute Gasteiger partial charge is 0.462 e. The van der Waals surface area contributed by atoms with Gasteiger partial charge in [-0.25, -0.2) is 9.97 Å². The summed E-state index contributed by atoms with van der Waals surface area (Å²) in [5, 5.41) is 3.05. The maximum Gasteiger partial charge on any atom is 0.316 e. The van der Waals surface area contributed by atoms with Gasteiger partial charge in [0.25, 0.3) is 11.9 Å². The van der Waals surface area contributed by atoms with E-state index in [1.807, 2.05) is 19.0 Å². The number of carbonyl (C=O) groups excluding carboxylic acids is 1. The highest BCUT2D eigenvalue weighted by Gasteiger charge is 2.14. The van der Waals surface area contributed by atoms with E-state index < -0.39 is 5.91 Å². The summed E-state index contributed by atoms with van der Waals surface area (Å²) in [4.78, 5) is 26.4. The van der Waals surface area contributed by atoms with E-state index in [-0.39, 0.29) is 11.7 Å². The molecular weight excluding hydrogens is 384 g/mol. The summed E-state index contributed by atoms with van der Waals surface area (Å²) in [5.74, 6) is -0.486. The van der Waals surface area contributed by atoms with Crippen LogP contribution in [0.1, 0.15) is 10.5 Å². The number of nitrogen functional groups attached to an aromatic ring is 1. The molecule has 3 N–H and O–H groups in total. The van der Waals surface area contributed by atoms with Crippen molar-refractivity contribution in [1.29, 1.82) is 0 Å². The summed E-state index contributed by atoms with van der Waals surface area (Å²) < 4.78 is 10.3. The van der Waals surface area contributed by atoms with E-state index in [2.05, 4.69) is 20.3 Å². The fourth-order valence-electron chi connectivity index (χ4n) is 2.24. The Hall–Kier alpha value is -3.17. The van der Waals surface area contributed by atoms with Crippen LogP contribution in [0.25, 0.3) is 11.1 Å². The lowest BCUT2D eigenvalue weighted by Crippen LogP contribution is -2.19. The van der Waals surface area contributed by atoms with Crippen LogP contribution in [-0.4, -0.2) is 53.0 Å². The van der Waals surface area contributed by atoms with Crippen LogP contribution in [0.2, 0.25) is 5.02 Å². The summed E-state index contributed by atoms with van der Waals surface area (Å²) in [7, 11) is 3.92. The predicted octanol–water partition coefficient (Wildman–Crippen LogP) is 2.56. The Balaban J connectivity index is 1.72. The van der Waals surface area contributed by atoms with Crippen LogP contribution in [0.15, 0.2) is 41.3 Å². The maximum absolute atomic E-state index is 12.2. The molecule has 0 fully saturated rings. The summed E-state index contributed by atoms with van der Waals surface area (Å²) in [6.45, 7) is 1.26. The molecule has 0 aliphatic carbocycles. The Bertz CT molecular complexity index is 958. The van der Waals surface area contributed by atoms with Crippen molar-refractivity contribution in [3.05, 3.63) is 47.6 Å². The molecule has 1 aromatic carbocycles. The van der Waals surface area contributed by atoms with Crippen LogP contribution in [0, 0.1) is 0 Å². The zero-order valence-corrected chi connectivity index (χ0v) is 16.1. The highest BCUT2D eigenvalue weighted by Crippen LogP contribution is 2.29. The Labute approximate surface area is 166 Å². The monoisotopic (exact) mass is 402 g/mol. The molecule has 0 saturated heterocycles. The van der Waals surface area contributed by atoms with Crippen molar-refractivity contribution in [1.82, 2.24) is 19.9 Å². The van der Waals surface area contributed by atoms with E-state index in [1.54, 1.807) is 30.6 Å².